The van der Waals surface area contributed by atoms with E-state index in [0.717, 1.165) is 23.7 Å². The molecule has 1 saturated heterocycles. The highest BCUT2D eigenvalue weighted by Crippen LogP contribution is 2.40. The fourth-order valence-corrected chi connectivity index (χ4v) is 4.61. The lowest BCUT2D eigenvalue weighted by atomic mass is 9.74. The number of piperazine rings is 1. The largest absolute Gasteiger partial charge is 0.481 e. The Bertz CT molecular complexity index is 987. The maximum Gasteiger partial charge on any atom is 0.311 e. The second-order valence-electron chi connectivity index (χ2n) is 7.77. The van der Waals surface area contributed by atoms with Gasteiger partial charge in [-0.05, 0) is 43.2 Å². The number of rotatable bonds is 4. The Labute approximate surface area is 181 Å². The summed E-state index contributed by atoms with van der Waals surface area (Å²) in [6.45, 7) is 5.86. The minimum Gasteiger partial charge on any atom is -0.481 e. The number of aliphatic carboxylic acids is 1. The predicted molar refractivity (Wildman–Crippen MR) is 118 cm³/mol. The van der Waals surface area contributed by atoms with Crippen LogP contribution in [-0.4, -0.2) is 47.5 Å². The number of carboxylic acids is 1. The van der Waals surface area contributed by atoms with Gasteiger partial charge in [0.2, 0.25) is 0 Å². The number of carbonyl (C=O) groups is 1. The molecule has 0 saturated carbocycles. The molecule has 1 fully saturated rings. The van der Waals surface area contributed by atoms with E-state index in [0.29, 0.717) is 42.4 Å². The van der Waals surface area contributed by atoms with Gasteiger partial charge in [0.15, 0.2) is 5.75 Å². The standard InChI is InChI=1S/C23H26ClN3O3/c1-3-23(4-2,22(28)29)20-14-27(12-11-25-20)21-16-7-5-6-8-18(16)30-19-10-9-15(24)13-17(19)26-21/h5-10,13,20,25H,3-4,11-12,14H2,1-2H3,(H,28,29). The Morgan fingerprint density at radius 3 is 2.77 bits per heavy atom. The fraction of sp³-hybridized carbons (Fsp3) is 0.391. The number of benzene rings is 2. The lowest BCUT2D eigenvalue weighted by Gasteiger charge is -2.43. The van der Waals surface area contributed by atoms with Crippen molar-refractivity contribution in [1.29, 1.82) is 0 Å². The van der Waals surface area contributed by atoms with Crippen molar-refractivity contribution in [1.82, 2.24) is 10.2 Å². The zero-order valence-electron chi connectivity index (χ0n) is 17.2. The number of hydrogen-bond acceptors (Lipinski definition) is 5. The number of amidine groups is 1. The minimum absolute atomic E-state index is 0.184. The molecule has 1 atom stereocenters. The summed E-state index contributed by atoms with van der Waals surface area (Å²) < 4.78 is 6.14. The molecule has 0 aliphatic carbocycles. The first-order valence-corrected chi connectivity index (χ1v) is 10.7. The van der Waals surface area contributed by atoms with Crippen LogP contribution in [0.2, 0.25) is 5.02 Å². The molecule has 0 spiro atoms. The van der Waals surface area contributed by atoms with Crippen molar-refractivity contribution in [2.75, 3.05) is 19.6 Å². The number of carboxylic acid groups (broad SMARTS) is 1. The monoisotopic (exact) mass is 427 g/mol. The lowest BCUT2D eigenvalue weighted by Crippen LogP contribution is -2.61. The van der Waals surface area contributed by atoms with Crippen molar-refractivity contribution >= 4 is 29.1 Å². The molecular weight excluding hydrogens is 402 g/mol. The van der Waals surface area contributed by atoms with Gasteiger partial charge in [-0.25, -0.2) is 4.99 Å². The molecule has 4 rings (SSSR count). The molecule has 2 N–H and O–H groups in total. The maximum absolute atomic E-state index is 12.2. The van der Waals surface area contributed by atoms with Gasteiger partial charge in [-0.1, -0.05) is 37.6 Å². The van der Waals surface area contributed by atoms with Crippen molar-refractivity contribution in [2.24, 2.45) is 10.4 Å². The number of hydrogen-bond donors (Lipinski definition) is 2. The topological polar surface area (TPSA) is 74.2 Å². The molecule has 2 aromatic carbocycles. The second-order valence-corrected chi connectivity index (χ2v) is 8.20. The highest BCUT2D eigenvalue weighted by molar-refractivity contribution is 6.31. The van der Waals surface area contributed by atoms with Crippen LogP contribution in [0.5, 0.6) is 11.5 Å². The average molecular weight is 428 g/mol. The molecule has 158 valence electrons. The van der Waals surface area contributed by atoms with Crippen LogP contribution in [0.3, 0.4) is 0 Å². The predicted octanol–water partition coefficient (Wildman–Crippen LogP) is 4.69. The van der Waals surface area contributed by atoms with E-state index in [4.69, 9.17) is 21.3 Å². The van der Waals surface area contributed by atoms with Gasteiger partial charge in [0, 0.05) is 30.7 Å². The quantitative estimate of drug-likeness (QED) is 0.740. The van der Waals surface area contributed by atoms with E-state index in [9.17, 15) is 9.90 Å². The molecule has 2 aliphatic rings. The normalized spacial score (nSPS) is 18.6. The Morgan fingerprint density at radius 1 is 1.27 bits per heavy atom. The molecule has 6 nitrogen and oxygen atoms in total. The van der Waals surface area contributed by atoms with Crippen molar-refractivity contribution in [2.45, 2.75) is 32.7 Å². The molecule has 0 amide bonds. The number of halogens is 1. The highest BCUT2D eigenvalue weighted by atomic mass is 35.5. The second kappa shape index (κ2) is 8.28. The summed E-state index contributed by atoms with van der Waals surface area (Å²) in [4.78, 5) is 19.3. The number of nitrogens with zero attached hydrogens (tertiary/aromatic N) is 2. The first-order valence-electron chi connectivity index (χ1n) is 10.4. The summed E-state index contributed by atoms with van der Waals surface area (Å²) in [6, 6.07) is 13.0. The molecule has 2 aliphatic heterocycles. The summed E-state index contributed by atoms with van der Waals surface area (Å²) in [5.41, 5.74) is 0.736. The van der Waals surface area contributed by atoms with E-state index in [2.05, 4.69) is 10.2 Å². The number of nitrogens with one attached hydrogen (secondary N) is 1. The van der Waals surface area contributed by atoms with Crippen LogP contribution in [0.4, 0.5) is 5.69 Å². The van der Waals surface area contributed by atoms with Gasteiger partial charge in [-0.3, -0.25) is 4.79 Å². The molecule has 1 unspecified atom stereocenters. The third kappa shape index (κ3) is 3.55. The Hall–Kier alpha value is -2.57. The highest BCUT2D eigenvalue weighted by Gasteiger charge is 2.45. The van der Waals surface area contributed by atoms with Crippen molar-refractivity contribution < 1.29 is 14.6 Å². The van der Waals surface area contributed by atoms with Crippen LogP contribution in [0.25, 0.3) is 0 Å². The number of fused-ring (bicyclic) bond motifs is 2. The summed E-state index contributed by atoms with van der Waals surface area (Å²) in [5, 5.41) is 14.1. The van der Waals surface area contributed by atoms with Crippen molar-refractivity contribution in [3.63, 3.8) is 0 Å². The van der Waals surface area contributed by atoms with E-state index < -0.39 is 11.4 Å². The summed E-state index contributed by atoms with van der Waals surface area (Å²) in [6.07, 6.45) is 1.13. The van der Waals surface area contributed by atoms with E-state index in [1.165, 1.54) is 0 Å². The van der Waals surface area contributed by atoms with Crippen molar-refractivity contribution in [3.05, 3.63) is 53.1 Å². The maximum atomic E-state index is 12.2. The van der Waals surface area contributed by atoms with Crippen LogP contribution >= 0.6 is 11.6 Å². The average Bonchev–Trinajstić information content (AvgIpc) is 2.91. The number of aliphatic imine (C=N–C) groups is 1. The zero-order chi connectivity index (χ0) is 21.3. The van der Waals surface area contributed by atoms with E-state index in [1.54, 1.807) is 12.1 Å². The van der Waals surface area contributed by atoms with Crippen LogP contribution < -0.4 is 10.1 Å². The Kier molecular flexibility index (Phi) is 5.71. The molecular formula is C23H26ClN3O3. The molecule has 0 radical (unpaired) electrons. The van der Waals surface area contributed by atoms with Gasteiger partial charge < -0.3 is 20.1 Å². The van der Waals surface area contributed by atoms with E-state index in [-0.39, 0.29) is 6.04 Å². The molecule has 2 heterocycles. The molecule has 7 heteroatoms. The zero-order valence-corrected chi connectivity index (χ0v) is 17.9. The first-order chi connectivity index (χ1) is 14.5. The van der Waals surface area contributed by atoms with Crippen LogP contribution in [0.1, 0.15) is 32.3 Å². The van der Waals surface area contributed by atoms with Gasteiger partial charge in [0.25, 0.3) is 0 Å². The smallest absolute Gasteiger partial charge is 0.311 e. The summed E-state index contributed by atoms with van der Waals surface area (Å²) in [5.74, 6) is 1.40. The third-order valence-corrected chi connectivity index (χ3v) is 6.56. The van der Waals surface area contributed by atoms with Gasteiger partial charge >= 0.3 is 5.97 Å². The van der Waals surface area contributed by atoms with E-state index >= 15 is 0 Å². The van der Waals surface area contributed by atoms with Gasteiger partial charge in [-0.15, -0.1) is 0 Å². The van der Waals surface area contributed by atoms with E-state index in [1.807, 2.05) is 44.2 Å². The molecule has 0 aromatic heterocycles. The van der Waals surface area contributed by atoms with Crippen LogP contribution in [0.15, 0.2) is 47.5 Å². The molecule has 0 bridgehead atoms. The fourth-order valence-electron chi connectivity index (χ4n) is 4.45. The summed E-state index contributed by atoms with van der Waals surface area (Å²) >= 11 is 6.22. The summed E-state index contributed by atoms with van der Waals surface area (Å²) in [7, 11) is 0. The van der Waals surface area contributed by atoms with Gasteiger partial charge in [0.05, 0.1) is 11.0 Å². The molecule has 2 aromatic rings. The molecule has 30 heavy (non-hydrogen) atoms. The van der Waals surface area contributed by atoms with Crippen LogP contribution in [0, 0.1) is 5.41 Å². The lowest BCUT2D eigenvalue weighted by molar-refractivity contribution is -0.152. The third-order valence-electron chi connectivity index (χ3n) is 6.32. The van der Waals surface area contributed by atoms with Crippen LogP contribution in [-0.2, 0) is 4.79 Å². The number of para-hydroxylation sites is 1. The Morgan fingerprint density at radius 2 is 2.03 bits per heavy atom. The minimum atomic E-state index is -0.818. The number of ether oxygens (including phenoxy) is 1. The Balaban J connectivity index is 1.77. The van der Waals surface area contributed by atoms with Gasteiger partial charge in [-0.2, -0.15) is 0 Å². The van der Waals surface area contributed by atoms with Crippen molar-refractivity contribution in [3.8, 4) is 11.5 Å². The first kappa shape index (κ1) is 20.7. The van der Waals surface area contributed by atoms with Gasteiger partial charge in [0.1, 0.15) is 17.3 Å². The SMILES string of the molecule is CCC(CC)(C(=O)O)C1CN(C2=Nc3cc(Cl)ccc3Oc3ccccc32)CCN1.